The number of benzene rings is 1. The number of anilines is 4. The Balaban J connectivity index is 1.62. The number of rotatable bonds is 5. The van der Waals surface area contributed by atoms with Crippen LogP contribution in [-0.4, -0.2) is 32.6 Å². The number of nitrogens with zero attached hydrogens (tertiary/aromatic N) is 3. The molecule has 0 amide bonds. The molecule has 152 valence electrons. The van der Waals surface area contributed by atoms with E-state index in [1.807, 2.05) is 6.92 Å². The van der Waals surface area contributed by atoms with Crippen LogP contribution >= 0.6 is 0 Å². The fourth-order valence-corrected chi connectivity index (χ4v) is 3.12. The lowest BCUT2D eigenvalue weighted by Crippen LogP contribution is -2.04. The van der Waals surface area contributed by atoms with Gasteiger partial charge >= 0.3 is 5.97 Å². The molecule has 0 fully saturated rings. The van der Waals surface area contributed by atoms with E-state index in [9.17, 15) is 14.3 Å². The van der Waals surface area contributed by atoms with Gasteiger partial charge in [0.1, 0.15) is 5.75 Å². The van der Waals surface area contributed by atoms with Gasteiger partial charge in [-0.2, -0.15) is 4.98 Å². The fourth-order valence-electron chi connectivity index (χ4n) is 3.12. The number of methoxy groups -OCH3 is 1. The molecule has 1 aromatic carbocycles. The van der Waals surface area contributed by atoms with E-state index >= 15 is 0 Å². The Kier molecular flexibility index (Phi) is 4.93. The van der Waals surface area contributed by atoms with Crippen LogP contribution in [0.3, 0.4) is 0 Å². The van der Waals surface area contributed by atoms with Crippen LogP contribution in [0.2, 0.25) is 0 Å². The van der Waals surface area contributed by atoms with E-state index in [0.717, 1.165) is 11.8 Å². The zero-order valence-electron chi connectivity index (χ0n) is 16.2. The van der Waals surface area contributed by atoms with E-state index in [2.05, 4.69) is 20.6 Å². The number of carbonyl (C=O) groups excluding carboxylic acids is 1. The van der Waals surface area contributed by atoms with E-state index in [-0.39, 0.29) is 17.5 Å². The second kappa shape index (κ2) is 7.70. The van der Waals surface area contributed by atoms with Gasteiger partial charge in [-0.3, -0.25) is 0 Å². The minimum absolute atomic E-state index is 0.0240. The van der Waals surface area contributed by atoms with Crippen molar-refractivity contribution in [3.63, 3.8) is 0 Å². The smallest absolute Gasteiger partial charge is 0.340 e. The van der Waals surface area contributed by atoms with Crippen molar-refractivity contribution in [2.45, 2.75) is 6.92 Å². The van der Waals surface area contributed by atoms with E-state index in [1.165, 1.54) is 19.2 Å². The standard InChI is InChI=1S/C21H18FN5O3/c1-12-10-27-11-14(6-7-17(27)18(12)20(29)30-2)24-19-16(22)9-23-21(26-19)25-13-4-3-5-15(28)8-13/h3-11,28H,1-2H3,(H2,23,24,25,26). The summed E-state index contributed by atoms with van der Waals surface area (Å²) in [4.78, 5) is 20.1. The lowest BCUT2D eigenvalue weighted by molar-refractivity contribution is 0.0602. The Morgan fingerprint density at radius 3 is 2.77 bits per heavy atom. The summed E-state index contributed by atoms with van der Waals surface area (Å²) in [6.07, 6.45) is 4.56. The Morgan fingerprint density at radius 2 is 2.00 bits per heavy atom. The molecule has 3 N–H and O–H groups in total. The van der Waals surface area contributed by atoms with Crippen molar-refractivity contribution in [2.75, 3.05) is 17.7 Å². The van der Waals surface area contributed by atoms with Crippen LogP contribution in [0.1, 0.15) is 15.9 Å². The Labute approximate surface area is 171 Å². The number of aryl methyl sites for hydroxylation is 1. The highest BCUT2D eigenvalue weighted by Gasteiger charge is 2.16. The maximum atomic E-state index is 14.3. The highest BCUT2D eigenvalue weighted by molar-refractivity contribution is 5.99. The average Bonchev–Trinajstić information content (AvgIpc) is 3.05. The first kappa shape index (κ1) is 19.2. The number of hydrogen-bond acceptors (Lipinski definition) is 7. The molecule has 3 aromatic heterocycles. The third-order valence-corrected chi connectivity index (χ3v) is 4.46. The number of fused-ring (bicyclic) bond motifs is 1. The van der Waals surface area contributed by atoms with Gasteiger partial charge < -0.3 is 24.9 Å². The van der Waals surface area contributed by atoms with Crippen LogP contribution in [0.5, 0.6) is 5.75 Å². The number of nitrogens with one attached hydrogen (secondary N) is 2. The van der Waals surface area contributed by atoms with Gasteiger partial charge in [0.25, 0.3) is 0 Å². The Bertz CT molecular complexity index is 1250. The number of phenols is 1. The summed E-state index contributed by atoms with van der Waals surface area (Å²) in [5, 5.41) is 15.4. The van der Waals surface area contributed by atoms with Crippen molar-refractivity contribution in [2.24, 2.45) is 0 Å². The van der Waals surface area contributed by atoms with Crippen LogP contribution in [0.4, 0.5) is 27.5 Å². The van der Waals surface area contributed by atoms with E-state index in [1.54, 1.807) is 41.1 Å². The van der Waals surface area contributed by atoms with Crippen LogP contribution in [0, 0.1) is 12.7 Å². The summed E-state index contributed by atoms with van der Waals surface area (Å²) in [6.45, 7) is 1.82. The fraction of sp³-hybridized carbons (Fsp3) is 0.0952. The number of esters is 1. The third-order valence-electron chi connectivity index (χ3n) is 4.46. The van der Waals surface area contributed by atoms with Gasteiger partial charge in [-0.05, 0) is 36.8 Å². The molecule has 0 saturated carbocycles. The van der Waals surface area contributed by atoms with Crippen molar-refractivity contribution >= 4 is 34.6 Å². The summed E-state index contributed by atoms with van der Waals surface area (Å²) >= 11 is 0. The van der Waals surface area contributed by atoms with Gasteiger partial charge in [-0.15, -0.1) is 0 Å². The SMILES string of the molecule is COC(=O)c1c(C)cn2cc(Nc3nc(Nc4cccc(O)c4)ncc3F)ccc12. The van der Waals surface area contributed by atoms with Crippen molar-refractivity contribution in [3.05, 3.63) is 71.9 Å². The van der Waals surface area contributed by atoms with Crippen molar-refractivity contribution < 1.29 is 19.0 Å². The van der Waals surface area contributed by atoms with Crippen molar-refractivity contribution in [3.8, 4) is 5.75 Å². The molecule has 0 aliphatic rings. The number of ether oxygens (including phenoxy) is 1. The first-order valence-electron chi connectivity index (χ1n) is 9.00. The maximum absolute atomic E-state index is 14.3. The first-order valence-corrected chi connectivity index (χ1v) is 9.00. The lowest BCUT2D eigenvalue weighted by Gasteiger charge is -2.10. The van der Waals surface area contributed by atoms with E-state index in [0.29, 0.717) is 22.5 Å². The zero-order valence-corrected chi connectivity index (χ0v) is 16.2. The van der Waals surface area contributed by atoms with Crippen LogP contribution in [0.25, 0.3) is 5.52 Å². The molecule has 0 bridgehead atoms. The minimum Gasteiger partial charge on any atom is -0.508 e. The maximum Gasteiger partial charge on any atom is 0.340 e. The number of hydrogen-bond donors (Lipinski definition) is 3. The summed E-state index contributed by atoms with van der Waals surface area (Å²) in [5.74, 6) is -0.822. The number of aromatic hydroxyl groups is 1. The molecule has 0 unspecified atom stereocenters. The van der Waals surface area contributed by atoms with Gasteiger partial charge in [0.15, 0.2) is 11.6 Å². The zero-order chi connectivity index (χ0) is 21.3. The molecular formula is C21H18FN5O3. The highest BCUT2D eigenvalue weighted by atomic mass is 19.1. The number of pyridine rings is 1. The molecule has 4 rings (SSSR count). The number of halogens is 1. The molecule has 30 heavy (non-hydrogen) atoms. The second-order valence-electron chi connectivity index (χ2n) is 6.58. The van der Waals surface area contributed by atoms with Crippen LogP contribution < -0.4 is 10.6 Å². The molecule has 9 heteroatoms. The second-order valence-corrected chi connectivity index (χ2v) is 6.58. The topological polar surface area (TPSA) is 101 Å². The molecule has 0 saturated heterocycles. The van der Waals surface area contributed by atoms with Gasteiger partial charge in [-0.1, -0.05) is 6.07 Å². The monoisotopic (exact) mass is 407 g/mol. The number of carbonyl (C=O) groups is 1. The van der Waals surface area contributed by atoms with Gasteiger partial charge in [-0.25, -0.2) is 14.2 Å². The van der Waals surface area contributed by atoms with Gasteiger partial charge in [0, 0.05) is 24.1 Å². The summed E-state index contributed by atoms with van der Waals surface area (Å²) in [5.41, 5.74) is 3.06. The average molecular weight is 407 g/mol. The Morgan fingerprint density at radius 1 is 1.17 bits per heavy atom. The van der Waals surface area contributed by atoms with Crippen molar-refractivity contribution in [1.29, 1.82) is 0 Å². The normalized spacial score (nSPS) is 10.8. The van der Waals surface area contributed by atoms with Gasteiger partial charge in [0.05, 0.1) is 30.1 Å². The molecular weight excluding hydrogens is 389 g/mol. The summed E-state index contributed by atoms with van der Waals surface area (Å²) in [6, 6.07) is 9.88. The largest absolute Gasteiger partial charge is 0.508 e. The molecule has 0 aliphatic heterocycles. The number of phenolic OH excluding ortho intramolecular Hbond substituents is 1. The number of aromatic nitrogens is 3. The molecule has 3 heterocycles. The first-order chi connectivity index (χ1) is 14.4. The minimum atomic E-state index is -0.629. The van der Waals surface area contributed by atoms with E-state index < -0.39 is 11.8 Å². The third kappa shape index (κ3) is 3.72. The molecule has 0 radical (unpaired) electrons. The predicted octanol–water partition coefficient (Wildman–Crippen LogP) is 4.16. The van der Waals surface area contributed by atoms with Crippen molar-refractivity contribution in [1.82, 2.24) is 14.4 Å². The lowest BCUT2D eigenvalue weighted by atomic mass is 10.2. The Hall–Kier alpha value is -4.14. The molecule has 8 nitrogen and oxygen atoms in total. The predicted molar refractivity (Wildman–Crippen MR) is 110 cm³/mol. The highest BCUT2D eigenvalue weighted by Crippen LogP contribution is 2.25. The van der Waals surface area contributed by atoms with Crippen LogP contribution in [0.15, 0.2) is 55.0 Å². The van der Waals surface area contributed by atoms with E-state index in [4.69, 9.17) is 4.74 Å². The quantitative estimate of drug-likeness (QED) is 0.427. The molecule has 0 aliphatic carbocycles. The molecule has 0 atom stereocenters. The summed E-state index contributed by atoms with van der Waals surface area (Å²) in [7, 11) is 1.33. The molecule has 4 aromatic rings. The molecule has 0 spiro atoms. The van der Waals surface area contributed by atoms with Gasteiger partial charge in [0.2, 0.25) is 5.95 Å². The summed E-state index contributed by atoms with van der Waals surface area (Å²) < 4.78 is 20.9. The van der Waals surface area contributed by atoms with Crippen LogP contribution in [-0.2, 0) is 4.74 Å².